The Balaban J connectivity index is 1.59. The van der Waals surface area contributed by atoms with Gasteiger partial charge in [-0.3, -0.25) is 0 Å². The van der Waals surface area contributed by atoms with Gasteiger partial charge in [0, 0.05) is 34.2 Å². The minimum absolute atomic E-state index is 0.211. The summed E-state index contributed by atoms with van der Waals surface area (Å²) >= 11 is 0. The highest BCUT2D eigenvalue weighted by atomic mass is 16.5. The molecule has 0 saturated heterocycles. The molecule has 2 aromatic carbocycles. The quantitative estimate of drug-likeness (QED) is 0.378. The van der Waals surface area contributed by atoms with E-state index in [2.05, 4.69) is 15.0 Å². The number of carboxylic acid groups (broad SMARTS) is 1. The van der Waals surface area contributed by atoms with Crippen LogP contribution in [0.25, 0.3) is 0 Å². The molecule has 1 unspecified atom stereocenters. The van der Waals surface area contributed by atoms with E-state index in [0.29, 0.717) is 49.6 Å². The van der Waals surface area contributed by atoms with E-state index < -0.39 is 12.1 Å². The van der Waals surface area contributed by atoms with E-state index in [1.165, 1.54) is 0 Å². The lowest BCUT2D eigenvalue weighted by molar-refractivity contribution is -0.149. The van der Waals surface area contributed by atoms with Crippen LogP contribution in [0.2, 0.25) is 0 Å². The lowest BCUT2D eigenvalue weighted by Crippen LogP contribution is -2.27. The molecule has 0 saturated carbocycles. The molecule has 3 rings (SSSR count). The molecule has 1 atom stereocenters. The molecule has 36 heavy (non-hydrogen) atoms. The number of ether oxygens (including phenoxy) is 3. The minimum Gasteiger partial charge on any atom is -0.492 e. The van der Waals surface area contributed by atoms with Gasteiger partial charge in [-0.1, -0.05) is 29.8 Å². The molecule has 10 nitrogen and oxygen atoms in total. The molecule has 192 valence electrons. The first-order valence-corrected chi connectivity index (χ1v) is 11.7. The van der Waals surface area contributed by atoms with Crippen molar-refractivity contribution in [3.8, 4) is 17.5 Å². The van der Waals surface area contributed by atoms with Crippen LogP contribution >= 0.6 is 0 Å². The Hall–Kier alpha value is -3.92. The van der Waals surface area contributed by atoms with E-state index in [1.807, 2.05) is 81.5 Å². The topological polar surface area (TPSA) is 110 Å². The number of aromatic nitrogens is 3. The fourth-order valence-electron chi connectivity index (χ4n) is 3.22. The van der Waals surface area contributed by atoms with Gasteiger partial charge in [-0.05, 0) is 43.7 Å². The Bertz CT molecular complexity index is 1120. The SMILES string of the molecule is CCOC(Cc1ccc(OCCN(C)c2nc(Oc3ccc(C)cc3)nc(N(C)C)n2)cc1)C(=O)O. The van der Waals surface area contributed by atoms with Gasteiger partial charge in [-0.2, -0.15) is 15.0 Å². The summed E-state index contributed by atoms with van der Waals surface area (Å²) in [4.78, 5) is 28.3. The summed E-state index contributed by atoms with van der Waals surface area (Å²) in [5.41, 5.74) is 2.00. The van der Waals surface area contributed by atoms with Crippen molar-refractivity contribution in [2.24, 2.45) is 0 Å². The lowest BCUT2D eigenvalue weighted by atomic mass is 10.1. The minimum atomic E-state index is -0.969. The molecule has 0 bridgehead atoms. The Morgan fingerprint density at radius 2 is 1.58 bits per heavy atom. The molecule has 0 fully saturated rings. The molecule has 1 N–H and O–H groups in total. The van der Waals surface area contributed by atoms with Crippen molar-refractivity contribution < 1.29 is 24.1 Å². The van der Waals surface area contributed by atoms with Gasteiger partial charge in [-0.25, -0.2) is 4.79 Å². The number of aryl methyl sites for hydroxylation is 1. The Morgan fingerprint density at radius 1 is 0.944 bits per heavy atom. The smallest absolute Gasteiger partial charge is 0.333 e. The first kappa shape index (κ1) is 26.7. The maximum Gasteiger partial charge on any atom is 0.333 e. The third-order valence-corrected chi connectivity index (χ3v) is 5.25. The van der Waals surface area contributed by atoms with Gasteiger partial charge in [-0.15, -0.1) is 0 Å². The Labute approximate surface area is 211 Å². The number of carboxylic acids is 1. The van der Waals surface area contributed by atoms with Gasteiger partial charge in [0.05, 0.1) is 6.54 Å². The lowest BCUT2D eigenvalue weighted by Gasteiger charge is -2.20. The van der Waals surface area contributed by atoms with Crippen LogP contribution in [0.5, 0.6) is 17.5 Å². The van der Waals surface area contributed by atoms with Crippen molar-refractivity contribution in [2.75, 3.05) is 50.7 Å². The van der Waals surface area contributed by atoms with E-state index in [9.17, 15) is 9.90 Å². The van der Waals surface area contributed by atoms with E-state index in [4.69, 9.17) is 14.2 Å². The van der Waals surface area contributed by atoms with Crippen LogP contribution in [0, 0.1) is 6.92 Å². The largest absolute Gasteiger partial charge is 0.492 e. The highest BCUT2D eigenvalue weighted by molar-refractivity contribution is 5.72. The van der Waals surface area contributed by atoms with Crippen LogP contribution in [-0.4, -0.2) is 73.0 Å². The predicted molar refractivity (Wildman–Crippen MR) is 137 cm³/mol. The third-order valence-electron chi connectivity index (χ3n) is 5.25. The molecule has 0 radical (unpaired) electrons. The van der Waals surface area contributed by atoms with E-state index in [1.54, 1.807) is 11.8 Å². The Morgan fingerprint density at radius 3 is 2.19 bits per heavy atom. The fourth-order valence-corrected chi connectivity index (χ4v) is 3.22. The number of aliphatic carboxylic acids is 1. The molecule has 0 amide bonds. The molecular formula is C26H33N5O5. The summed E-state index contributed by atoms with van der Waals surface area (Å²) in [7, 11) is 5.58. The van der Waals surface area contributed by atoms with Gasteiger partial charge in [0.15, 0.2) is 6.10 Å². The summed E-state index contributed by atoms with van der Waals surface area (Å²) < 4.78 is 17.0. The number of benzene rings is 2. The molecule has 1 aromatic heterocycles. The van der Waals surface area contributed by atoms with Gasteiger partial charge >= 0.3 is 12.0 Å². The van der Waals surface area contributed by atoms with Gasteiger partial charge in [0.2, 0.25) is 11.9 Å². The summed E-state index contributed by atoms with van der Waals surface area (Å²) in [6.45, 7) is 5.05. The van der Waals surface area contributed by atoms with Gasteiger partial charge in [0.25, 0.3) is 0 Å². The normalized spacial score (nSPS) is 11.6. The fraction of sp³-hybridized carbons (Fsp3) is 0.385. The van der Waals surface area contributed by atoms with E-state index >= 15 is 0 Å². The standard InChI is InChI=1S/C26H33N5O5/c1-6-34-22(23(32)33)17-19-9-13-20(14-10-19)35-16-15-31(5)25-27-24(30(3)4)28-26(29-25)36-21-11-7-18(2)8-12-21/h7-14,22H,6,15-17H2,1-5H3,(H,32,33). The summed E-state index contributed by atoms with van der Waals surface area (Å²) in [5.74, 6) is 1.31. The van der Waals surface area contributed by atoms with Crippen LogP contribution in [0.1, 0.15) is 18.1 Å². The average molecular weight is 496 g/mol. The molecule has 0 aliphatic rings. The van der Waals surface area contributed by atoms with Crippen molar-refractivity contribution in [3.63, 3.8) is 0 Å². The third kappa shape index (κ3) is 7.81. The number of nitrogens with zero attached hydrogens (tertiary/aromatic N) is 5. The monoisotopic (exact) mass is 495 g/mol. The summed E-state index contributed by atoms with van der Waals surface area (Å²) in [6.07, 6.45) is -0.560. The molecular weight excluding hydrogens is 462 g/mol. The number of anilines is 2. The number of rotatable bonds is 13. The average Bonchev–Trinajstić information content (AvgIpc) is 2.85. The first-order chi connectivity index (χ1) is 17.2. The molecule has 3 aromatic rings. The zero-order valence-corrected chi connectivity index (χ0v) is 21.3. The van der Waals surface area contributed by atoms with Crippen molar-refractivity contribution >= 4 is 17.9 Å². The molecule has 1 heterocycles. The van der Waals surface area contributed by atoms with E-state index in [0.717, 1.165) is 11.1 Å². The maximum atomic E-state index is 11.3. The van der Waals surface area contributed by atoms with Crippen molar-refractivity contribution in [1.82, 2.24) is 15.0 Å². The van der Waals surface area contributed by atoms with Gasteiger partial charge in [0.1, 0.15) is 18.1 Å². The van der Waals surface area contributed by atoms with Crippen LogP contribution in [0.15, 0.2) is 48.5 Å². The molecule has 10 heteroatoms. The second kappa shape index (κ2) is 12.7. The number of carbonyl (C=O) groups is 1. The van der Waals surface area contributed by atoms with Crippen LogP contribution < -0.4 is 19.3 Å². The maximum absolute atomic E-state index is 11.3. The second-order valence-electron chi connectivity index (χ2n) is 8.43. The van der Waals surface area contributed by atoms with Crippen molar-refractivity contribution in [1.29, 1.82) is 0 Å². The zero-order chi connectivity index (χ0) is 26.1. The van der Waals surface area contributed by atoms with Crippen LogP contribution in [0.4, 0.5) is 11.9 Å². The molecule has 0 aliphatic carbocycles. The number of hydrogen-bond acceptors (Lipinski definition) is 9. The van der Waals surface area contributed by atoms with Crippen LogP contribution in [-0.2, 0) is 16.0 Å². The first-order valence-electron chi connectivity index (χ1n) is 11.7. The number of likely N-dealkylation sites (N-methyl/N-ethyl adjacent to an activating group) is 1. The molecule has 0 spiro atoms. The Kier molecular flexibility index (Phi) is 9.40. The highest BCUT2D eigenvalue weighted by Gasteiger charge is 2.18. The summed E-state index contributed by atoms with van der Waals surface area (Å²) in [5, 5.41) is 9.25. The predicted octanol–water partition coefficient (Wildman–Crippen LogP) is 3.59. The van der Waals surface area contributed by atoms with E-state index in [-0.39, 0.29) is 6.01 Å². The second-order valence-corrected chi connectivity index (χ2v) is 8.43. The number of hydrogen-bond donors (Lipinski definition) is 1. The van der Waals surface area contributed by atoms with Crippen LogP contribution in [0.3, 0.4) is 0 Å². The van der Waals surface area contributed by atoms with Crippen molar-refractivity contribution in [2.45, 2.75) is 26.4 Å². The summed E-state index contributed by atoms with van der Waals surface area (Å²) in [6, 6.07) is 15.2. The highest BCUT2D eigenvalue weighted by Crippen LogP contribution is 2.22. The zero-order valence-electron chi connectivity index (χ0n) is 21.3. The van der Waals surface area contributed by atoms with Crippen molar-refractivity contribution in [3.05, 3.63) is 59.7 Å². The van der Waals surface area contributed by atoms with Gasteiger partial charge < -0.3 is 29.1 Å². The molecule has 0 aliphatic heterocycles.